The molecule has 3 aromatic rings. The number of carbonyl (C=O) groups excluding carboxylic acids is 3. The van der Waals surface area contributed by atoms with E-state index in [-0.39, 0.29) is 24.9 Å². The highest BCUT2D eigenvalue weighted by atomic mass is 32.1. The number of rotatable bonds is 7. The molecule has 39 heavy (non-hydrogen) atoms. The molecule has 202 valence electrons. The number of carbonyl (C=O) groups is 3. The van der Waals surface area contributed by atoms with E-state index in [4.69, 9.17) is 4.74 Å². The van der Waals surface area contributed by atoms with E-state index in [9.17, 15) is 19.6 Å². The van der Waals surface area contributed by atoms with Crippen LogP contribution in [0.5, 0.6) is 0 Å². The predicted octanol–water partition coefficient (Wildman–Crippen LogP) is 3.30. The summed E-state index contributed by atoms with van der Waals surface area (Å²) < 4.78 is 21.4. The lowest BCUT2D eigenvalue weighted by Crippen LogP contribution is -2.58. The Bertz CT molecular complexity index is 1460. The van der Waals surface area contributed by atoms with Gasteiger partial charge >= 0.3 is 6.09 Å². The third-order valence-corrected chi connectivity index (χ3v) is 7.97. The van der Waals surface area contributed by atoms with Gasteiger partial charge in [-0.15, -0.1) is 11.3 Å². The third-order valence-electron chi connectivity index (χ3n) is 7.01. The van der Waals surface area contributed by atoms with Gasteiger partial charge in [0.25, 0.3) is 5.91 Å². The normalized spacial score (nSPS) is 18.5. The molecule has 0 saturated carbocycles. The number of halogens is 1. The topological polar surface area (TPSA) is 127 Å². The van der Waals surface area contributed by atoms with Crippen LogP contribution in [-0.2, 0) is 9.53 Å². The molecule has 10 nitrogen and oxygen atoms in total. The van der Waals surface area contributed by atoms with Crippen LogP contribution in [0.15, 0.2) is 47.8 Å². The van der Waals surface area contributed by atoms with Gasteiger partial charge in [0.05, 0.1) is 36.1 Å². The van der Waals surface area contributed by atoms with E-state index in [0.717, 1.165) is 10.1 Å². The van der Waals surface area contributed by atoms with Crippen molar-refractivity contribution in [3.05, 3.63) is 59.2 Å². The van der Waals surface area contributed by atoms with Gasteiger partial charge in [-0.3, -0.25) is 19.9 Å². The Kier molecular flexibility index (Phi) is 7.36. The van der Waals surface area contributed by atoms with Gasteiger partial charge < -0.3 is 15.0 Å². The standard InChI is InChI=1S/C27H27FN6O4S/c1-17(35)30-13-19-14-34(26(37)38-19)18-6-7-23(22(28)12-18)33-10-8-27(16-29,9-11-33)32-31-25(36)21-15-39-24-5-3-2-4-20(21)24/h2-7,12,15,19,32H,8-11,13-14H2,1H3,(H,30,35)(H,31,36)/t19-/m0/s1. The Morgan fingerprint density at radius 3 is 2.72 bits per heavy atom. The van der Waals surface area contributed by atoms with Gasteiger partial charge in [-0.2, -0.15) is 5.26 Å². The summed E-state index contributed by atoms with van der Waals surface area (Å²) >= 11 is 1.48. The number of nitrogens with one attached hydrogen (secondary N) is 3. The number of nitriles is 1. The molecular weight excluding hydrogens is 523 g/mol. The second-order valence-electron chi connectivity index (χ2n) is 9.59. The highest BCUT2D eigenvalue weighted by Gasteiger charge is 2.37. The van der Waals surface area contributed by atoms with Crippen LogP contribution in [0.4, 0.5) is 20.6 Å². The molecular formula is C27H27FN6O4S. The number of thiophene rings is 1. The van der Waals surface area contributed by atoms with Crippen molar-refractivity contribution in [3.63, 3.8) is 0 Å². The quantitative estimate of drug-likeness (QED) is 0.385. The first-order valence-corrected chi connectivity index (χ1v) is 13.4. The summed E-state index contributed by atoms with van der Waals surface area (Å²) in [6.45, 7) is 2.54. The first kappa shape index (κ1) is 26.4. The molecule has 2 aromatic carbocycles. The van der Waals surface area contributed by atoms with E-state index in [1.54, 1.807) is 17.5 Å². The minimum atomic E-state index is -0.989. The van der Waals surface area contributed by atoms with Crippen molar-refractivity contribution in [3.8, 4) is 6.07 Å². The SMILES string of the molecule is CC(=O)NC[C@H]1CN(c2ccc(N3CCC(C#N)(NNC(=O)c4csc5ccccc45)CC3)c(F)c2)C(=O)O1. The summed E-state index contributed by atoms with van der Waals surface area (Å²) in [5.41, 5.74) is 5.91. The number of nitrogens with zero attached hydrogens (tertiary/aromatic N) is 3. The first-order chi connectivity index (χ1) is 18.8. The number of hydrogen-bond donors (Lipinski definition) is 3. The van der Waals surface area contributed by atoms with Gasteiger partial charge in [0.2, 0.25) is 5.91 Å². The fourth-order valence-electron chi connectivity index (χ4n) is 4.81. The van der Waals surface area contributed by atoms with Crippen LogP contribution in [0, 0.1) is 17.1 Å². The van der Waals surface area contributed by atoms with E-state index in [0.29, 0.717) is 42.9 Å². The summed E-state index contributed by atoms with van der Waals surface area (Å²) in [6.07, 6.45) is -0.397. The molecule has 3 heterocycles. The molecule has 0 unspecified atom stereocenters. The summed E-state index contributed by atoms with van der Waals surface area (Å²) in [5.74, 6) is -1.04. The molecule has 0 spiro atoms. The van der Waals surface area contributed by atoms with Gasteiger partial charge in [-0.25, -0.2) is 14.6 Å². The smallest absolute Gasteiger partial charge is 0.414 e. The molecule has 0 aliphatic carbocycles. The second kappa shape index (κ2) is 10.9. The van der Waals surface area contributed by atoms with E-state index in [1.165, 1.54) is 29.2 Å². The van der Waals surface area contributed by atoms with Gasteiger partial charge in [0, 0.05) is 35.5 Å². The number of hydrogen-bond acceptors (Lipinski definition) is 8. The Morgan fingerprint density at radius 1 is 1.23 bits per heavy atom. The molecule has 1 atom stereocenters. The predicted molar refractivity (Wildman–Crippen MR) is 145 cm³/mol. The highest BCUT2D eigenvalue weighted by molar-refractivity contribution is 7.17. The van der Waals surface area contributed by atoms with Crippen LogP contribution >= 0.6 is 11.3 Å². The van der Waals surface area contributed by atoms with E-state index in [2.05, 4.69) is 22.2 Å². The number of hydrazine groups is 1. The molecule has 5 rings (SSSR count). The van der Waals surface area contributed by atoms with Crippen LogP contribution in [-0.4, -0.2) is 55.7 Å². The van der Waals surface area contributed by atoms with Gasteiger partial charge in [-0.1, -0.05) is 18.2 Å². The van der Waals surface area contributed by atoms with Crippen LogP contribution < -0.4 is 26.0 Å². The number of piperidine rings is 1. The highest BCUT2D eigenvalue weighted by Crippen LogP contribution is 2.32. The maximum Gasteiger partial charge on any atom is 0.414 e. The fourth-order valence-corrected chi connectivity index (χ4v) is 5.75. The van der Waals surface area contributed by atoms with Crippen molar-refractivity contribution >= 4 is 50.7 Å². The number of ether oxygens (including phenoxy) is 1. The Hall–Kier alpha value is -4.21. The lowest BCUT2D eigenvalue weighted by Gasteiger charge is -2.39. The van der Waals surface area contributed by atoms with Crippen LogP contribution in [0.25, 0.3) is 10.1 Å². The third kappa shape index (κ3) is 5.50. The minimum absolute atomic E-state index is 0.185. The van der Waals surface area contributed by atoms with Gasteiger partial charge in [0.15, 0.2) is 0 Å². The zero-order valence-electron chi connectivity index (χ0n) is 21.2. The number of cyclic esters (lactones) is 1. The number of benzene rings is 2. The summed E-state index contributed by atoms with van der Waals surface area (Å²) in [4.78, 5) is 39.4. The molecule has 2 fully saturated rings. The van der Waals surface area contributed by atoms with Crippen LogP contribution in [0.2, 0.25) is 0 Å². The number of fused-ring (bicyclic) bond motifs is 1. The average Bonchev–Trinajstić information content (AvgIpc) is 3.54. The summed E-state index contributed by atoms with van der Waals surface area (Å²) in [5, 5.41) is 15.2. The van der Waals surface area contributed by atoms with E-state index >= 15 is 4.39 Å². The van der Waals surface area contributed by atoms with Crippen molar-refractivity contribution < 1.29 is 23.5 Å². The van der Waals surface area contributed by atoms with Crippen molar-refractivity contribution in [2.24, 2.45) is 0 Å². The Labute approximate surface area is 228 Å². The van der Waals surface area contributed by atoms with Gasteiger partial charge in [0.1, 0.15) is 17.5 Å². The largest absolute Gasteiger partial charge is 0.442 e. The summed E-state index contributed by atoms with van der Waals surface area (Å²) in [6, 6.07) is 14.5. The molecule has 3 N–H and O–H groups in total. The second-order valence-corrected chi connectivity index (χ2v) is 10.5. The zero-order chi connectivity index (χ0) is 27.6. The van der Waals surface area contributed by atoms with Crippen molar-refractivity contribution in [1.82, 2.24) is 16.2 Å². The van der Waals surface area contributed by atoms with Crippen molar-refractivity contribution in [1.29, 1.82) is 5.26 Å². The van der Waals surface area contributed by atoms with Crippen molar-refractivity contribution in [2.75, 3.05) is 36.0 Å². The monoisotopic (exact) mass is 550 g/mol. The molecule has 0 radical (unpaired) electrons. The molecule has 2 aliphatic rings. The van der Waals surface area contributed by atoms with Crippen LogP contribution in [0.1, 0.15) is 30.1 Å². The van der Waals surface area contributed by atoms with E-state index in [1.807, 2.05) is 29.2 Å². The molecule has 2 aliphatic heterocycles. The van der Waals surface area contributed by atoms with Gasteiger partial charge in [-0.05, 0) is 37.1 Å². The number of anilines is 2. The lowest BCUT2D eigenvalue weighted by atomic mass is 9.89. The molecule has 2 saturated heterocycles. The van der Waals surface area contributed by atoms with Crippen molar-refractivity contribution in [2.45, 2.75) is 31.4 Å². The van der Waals surface area contributed by atoms with Crippen LogP contribution in [0.3, 0.4) is 0 Å². The molecule has 3 amide bonds. The average molecular weight is 551 g/mol. The molecule has 12 heteroatoms. The summed E-state index contributed by atoms with van der Waals surface area (Å²) in [7, 11) is 0. The number of amides is 3. The molecule has 0 bridgehead atoms. The molecule has 1 aromatic heterocycles. The maximum absolute atomic E-state index is 15.2. The van der Waals surface area contributed by atoms with E-state index < -0.39 is 23.6 Å². The zero-order valence-corrected chi connectivity index (χ0v) is 22.0. The first-order valence-electron chi connectivity index (χ1n) is 12.5. The maximum atomic E-state index is 15.2. The minimum Gasteiger partial charge on any atom is -0.442 e. The Morgan fingerprint density at radius 2 is 2.00 bits per heavy atom. The lowest BCUT2D eigenvalue weighted by molar-refractivity contribution is -0.119. The fraction of sp³-hybridized carbons (Fsp3) is 0.333. The Balaban J connectivity index is 1.19.